The summed E-state index contributed by atoms with van der Waals surface area (Å²) < 4.78 is 31.8. The van der Waals surface area contributed by atoms with E-state index < -0.39 is 16.0 Å². The first-order chi connectivity index (χ1) is 10.9. The van der Waals surface area contributed by atoms with Crippen molar-refractivity contribution in [1.82, 2.24) is 0 Å². The van der Waals surface area contributed by atoms with Gasteiger partial charge in [-0.1, -0.05) is 29.8 Å². The Morgan fingerprint density at radius 1 is 1.09 bits per heavy atom. The number of anilines is 1. The molecular formula is C17H19NO4S. The summed E-state index contributed by atoms with van der Waals surface area (Å²) in [5, 5.41) is 0. The van der Waals surface area contributed by atoms with Crippen molar-refractivity contribution in [3.63, 3.8) is 0 Å². The minimum absolute atomic E-state index is 0.185. The molecule has 122 valence electrons. The summed E-state index contributed by atoms with van der Waals surface area (Å²) in [5.41, 5.74) is 1.50. The molecule has 0 bridgehead atoms. The number of sulfonamides is 1. The van der Waals surface area contributed by atoms with Crippen LogP contribution in [0.5, 0.6) is 0 Å². The van der Waals surface area contributed by atoms with Crippen molar-refractivity contribution in [2.24, 2.45) is 0 Å². The van der Waals surface area contributed by atoms with Gasteiger partial charge in [0.1, 0.15) is 0 Å². The average Bonchev–Trinajstić information content (AvgIpc) is 2.55. The highest BCUT2D eigenvalue weighted by Gasteiger charge is 2.27. The first-order valence-electron chi connectivity index (χ1n) is 7.18. The van der Waals surface area contributed by atoms with Crippen molar-refractivity contribution >= 4 is 21.7 Å². The quantitative estimate of drug-likeness (QED) is 0.789. The van der Waals surface area contributed by atoms with Gasteiger partial charge in [-0.25, -0.2) is 13.2 Å². The number of nitrogens with zero attached hydrogens (tertiary/aromatic N) is 1. The van der Waals surface area contributed by atoms with Crippen LogP contribution in [0, 0.1) is 6.92 Å². The number of rotatable bonds is 5. The van der Waals surface area contributed by atoms with Gasteiger partial charge >= 0.3 is 5.97 Å². The van der Waals surface area contributed by atoms with Gasteiger partial charge in [0.05, 0.1) is 23.3 Å². The van der Waals surface area contributed by atoms with Crippen LogP contribution >= 0.6 is 0 Å². The van der Waals surface area contributed by atoms with Crippen LogP contribution in [-0.4, -0.2) is 28.0 Å². The maximum absolute atomic E-state index is 12.9. The molecule has 0 saturated carbocycles. The summed E-state index contributed by atoms with van der Waals surface area (Å²) >= 11 is 0. The summed E-state index contributed by atoms with van der Waals surface area (Å²) in [6.07, 6.45) is 0. The monoisotopic (exact) mass is 333 g/mol. The lowest BCUT2D eigenvalue weighted by molar-refractivity contribution is 0.0601. The predicted molar refractivity (Wildman–Crippen MR) is 89.2 cm³/mol. The summed E-state index contributed by atoms with van der Waals surface area (Å²) in [7, 11) is -2.49. The van der Waals surface area contributed by atoms with Crippen LogP contribution in [0.2, 0.25) is 0 Å². The predicted octanol–water partition coefficient (Wildman–Crippen LogP) is 3.00. The van der Waals surface area contributed by atoms with Gasteiger partial charge in [0.2, 0.25) is 0 Å². The van der Waals surface area contributed by atoms with Crippen LogP contribution in [-0.2, 0) is 14.8 Å². The Morgan fingerprint density at radius 3 is 2.26 bits per heavy atom. The Balaban J connectivity index is 2.56. The Morgan fingerprint density at radius 2 is 1.70 bits per heavy atom. The molecule has 0 spiro atoms. The SMILES string of the molecule is CCN(c1ccccc1C(=O)OC)S(=O)(=O)c1ccc(C)cc1. The van der Waals surface area contributed by atoms with Gasteiger partial charge in [-0.3, -0.25) is 4.31 Å². The van der Waals surface area contributed by atoms with Crippen LogP contribution < -0.4 is 4.31 Å². The van der Waals surface area contributed by atoms with Crippen molar-refractivity contribution in [1.29, 1.82) is 0 Å². The van der Waals surface area contributed by atoms with Gasteiger partial charge in [0.25, 0.3) is 10.0 Å². The highest BCUT2D eigenvalue weighted by atomic mass is 32.2. The second-order valence-electron chi connectivity index (χ2n) is 4.99. The van der Waals surface area contributed by atoms with E-state index >= 15 is 0 Å². The van der Waals surface area contributed by atoms with Crippen LogP contribution in [0.4, 0.5) is 5.69 Å². The van der Waals surface area contributed by atoms with Crippen molar-refractivity contribution in [3.05, 3.63) is 59.7 Å². The number of carbonyl (C=O) groups is 1. The Kier molecular flexibility index (Phi) is 5.05. The van der Waals surface area contributed by atoms with Crippen molar-refractivity contribution in [3.8, 4) is 0 Å². The van der Waals surface area contributed by atoms with Gasteiger partial charge < -0.3 is 4.74 Å². The van der Waals surface area contributed by atoms with E-state index in [1.54, 1.807) is 55.5 Å². The lowest BCUT2D eigenvalue weighted by Crippen LogP contribution is -2.32. The highest BCUT2D eigenvalue weighted by molar-refractivity contribution is 7.92. The normalized spacial score (nSPS) is 11.1. The molecule has 2 rings (SSSR count). The number of hydrogen-bond donors (Lipinski definition) is 0. The average molecular weight is 333 g/mol. The Labute approximate surface area is 136 Å². The molecule has 0 N–H and O–H groups in total. The highest BCUT2D eigenvalue weighted by Crippen LogP contribution is 2.27. The molecule has 0 aliphatic carbocycles. The third kappa shape index (κ3) is 3.37. The first kappa shape index (κ1) is 17.0. The lowest BCUT2D eigenvalue weighted by Gasteiger charge is -2.24. The van der Waals surface area contributed by atoms with Gasteiger partial charge in [-0.2, -0.15) is 0 Å². The molecule has 2 aromatic carbocycles. The van der Waals surface area contributed by atoms with Crippen molar-refractivity contribution < 1.29 is 17.9 Å². The van der Waals surface area contributed by atoms with Crippen LogP contribution in [0.15, 0.2) is 53.4 Å². The largest absolute Gasteiger partial charge is 0.465 e. The molecule has 0 amide bonds. The number of hydrogen-bond acceptors (Lipinski definition) is 4. The molecule has 2 aromatic rings. The van der Waals surface area contributed by atoms with Crippen LogP contribution in [0.3, 0.4) is 0 Å². The van der Waals surface area contributed by atoms with Gasteiger partial charge in [-0.15, -0.1) is 0 Å². The topological polar surface area (TPSA) is 63.7 Å². The third-order valence-corrected chi connectivity index (χ3v) is 5.38. The molecule has 0 heterocycles. The van der Waals surface area contributed by atoms with Gasteiger partial charge in [0, 0.05) is 6.54 Å². The van der Waals surface area contributed by atoms with E-state index in [4.69, 9.17) is 4.74 Å². The molecule has 23 heavy (non-hydrogen) atoms. The smallest absolute Gasteiger partial charge is 0.340 e. The molecule has 0 radical (unpaired) electrons. The molecule has 0 aliphatic rings. The van der Waals surface area contributed by atoms with E-state index in [9.17, 15) is 13.2 Å². The summed E-state index contributed by atoms with van der Waals surface area (Å²) in [4.78, 5) is 12.1. The number of carbonyl (C=O) groups excluding carboxylic acids is 1. The maximum Gasteiger partial charge on any atom is 0.340 e. The summed E-state index contributed by atoms with van der Waals surface area (Å²) in [6, 6.07) is 13.1. The molecule has 6 heteroatoms. The van der Waals surface area contributed by atoms with Crippen molar-refractivity contribution in [2.75, 3.05) is 18.0 Å². The Hall–Kier alpha value is -2.34. The zero-order chi connectivity index (χ0) is 17.0. The minimum atomic E-state index is -3.76. The number of ether oxygens (including phenoxy) is 1. The number of para-hydroxylation sites is 1. The summed E-state index contributed by atoms with van der Waals surface area (Å²) in [5.74, 6) is -0.571. The molecule has 5 nitrogen and oxygen atoms in total. The first-order valence-corrected chi connectivity index (χ1v) is 8.62. The summed E-state index contributed by atoms with van der Waals surface area (Å²) in [6.45, 7) is 3.81. The fourth-order valence-electron chi connectivity index (χ4n) is 2.28. The molecular weight excluding hydrogens is 314 g/mol. The zero-order valence-corrected chi connectivity index (χ0v) is 14.1. The van der Waals surface area contributed by atoms with Crippen LogP contribution in [0.1, 0.15) is 22.8 Å². The molecule has 0 fully saturated rings. The van der Waals surface area contributed by atoms with E-state index in [-0.39, 0.29) is 17.0 Å². The van der Waals surface area contributed by atoms with E-state index in [0.717, 1.165) is 5.56 Å². The number of benzene rings is 2. The fourth-order valence-corrected chi connectivity index (χ4v) is 3.77. The van der Waals surface area contributed by atoms with Crippen LogP contribution in [0.25, 0.3) is 0 Å². The minimum Gasteiger partial charge on any atom is -0.465 e. The molecule has 0 aliphatic heterocycles. The molecule has 0 atom stereocenters. The standard InChI is InChI=1S/C17H19NO4S/c1-4-18(16-8-6-5-7-15(16)17(19)22-3)23(20,21)14-11-9-13(2)10-12-14/h5-12H,4H2,1-3H3. The molecule has 0 aromatic heterocycles. The zero-order valence-electron chi connectivity index (χ0n) is 13.3. The van der Waals surface area contributed by atoms with E-state index in [0.29, 0.717) is 5.69 Å². The van der Waals surface area contributed by atoms with Gasteiger partial charge in [-0.05, 0) is 38.1 Å². The van der Waals surface area contributed by atoms with E-state index in [1.807, 2.05) is 6.92 Å². The second-order valence-corrected chi connectivity index (χ2v) is 6.85. The number of esters is 1. The third-order valence-electron chi connectivity index (χ3n) is 3.47. The number of aryl methyl sites for hydroxylation is 1. The lowest BCUT2D eigenvalue weighted by atomic mass is 10.2. The molecule has 0 saturated heterocycles. The molecule has 0 unspecified atom stereocenters. The Bertz CT molecular complexity index is 798. The maximum atomic E-state index is 12.9. The van der Waals surface area contributed by atoms with E-state index in [2.05, 4.69) is 0 Å². The fraction of sp³-hybridized carbons (Fsp3) is 0.235. The second kappa shape index (κ2) is 6.83. The van der Waals surface area contributed by atoms with E-state index in [1.165, 1.54) is 11.4 Å². The number of methoxy groups -OCH3 is 1. The van der Waals surface area contributed by atoms with Gasteiger partial charge in [0.15, 0.2) is 0 Å². The van der Waals surface area contributed by atoms with Crippen molar-refractivity contribution in [2.45, 2.75) is 18.7 Å².